The molecule has 2 heterocycles. The maximum Gasteiger partial charge on any atom is 0.255 e. The average molecular weight is 391 g/mol. The molecule has 0 bridgehead atoms. The van der Waals surface area contributed by atoms with E-state index in [0.29, 0.717) is 22.9 Å². The van der Waals surface area contributed by atoms with Gasteiger partial charge < -0.3 is 0 Å². The summed E-state index contributed by atoms with van der Waals surface area (Å²) in [6.45, 7) is 1.82. The van der Waals surface area contributed by atoms with Gasteiger partial charge >= 0.3 is 0 Å². The number of anilines is 1. The highest BCUT2D eigenvalue weighted by atomic mass is 32.2. The number of nitrogens with zero attached hydrogens (tertiary/aromatic N) is 4. The first kappa shape index (κ1) is 17.9. The molecule has 28 heavy (non-hydrogen) atoms. The predicted molar refractivity (Wildman–Crippen MR) is 109 cm³/mol. The van der Waals surface area contributed by atoms with Gasteiger partial charge in [0.15, 0.2) is 11.5 Å². The summed E-state index contributed by atoms with van der Waals surface area (Å²) in [7, 11) is -3.64. The monoisotopic (exact) mass is 391 g/mol. The second-order valence-corrected chi connectivity index (χ2v) is 7.74. The van der Waals surface area contributed by atoms with Gasteiger partial charge in [-0.15, -0.1) is 10.2 Å². The minimum Gasteiger partial charge on any atom is -0.280 e. The van der Waals surface area contributed by atoms with E-state index in [4.69, 9.17) is 0 Å². The summed E-state index contributed by atoms with van der Waals surface area (Å²) in [5.41, 5.74) is 3.39. The van der Waals surface area contributed by atoms with Crippen LogP contribution in [-0.2, 0) is 10.0 Å². The van der Waals surface area contributed by atoms with E-state index in [9.17, 15) is 8.42 Å². The molecule has 0 aliphatic heterocycles. The van der Waals surface area contributed by atoms with Gasteiger partial charge in [-0.25, -0.2) is 8.42 Å². The Labute approximate surface area is 162 Å². The normalized spacial score (nSPS) is 11.9. The molecule has 4 rings (SSSR count). The Morgan fingerprint density at radius 2 is 1.79 bits per heavy atom. The van der Waals surface area contributed by atoms with E-state index in [1.54, 1.807) is 28.8 Å². The molecule has 0 atom stereocenters. The highest BCUT2D eigenvalue weighted by Gasteiger charge is 2.09. The molecule has 0 fully saturated rings. The molecule has 140 valence electrons. The molecule has 0 saturated carbocycles. The van der Waals surface area contributed by atoms with Crippen molar-refractivity contribution in [3.63, 3.8) is 0 Å². The van der Waals surface area contributed by atoms with Crippen LogP contribution in [0.5, 0.6) is 0 Å². The molecule has 0 unspecified atom stereocenters. The van der Waals surface area contributed by atoms with Crippen molar-refractivity contribution in [1.82, 2.24) is 19.8 Å². The number of aromatic nitrogens is 4. The zero-order valence-electron chi connectivity index (χ0n) is 15.0. The fraction of sp³-hybridized carbons (Fsp3) is 0.0500. The summed E-state index contributed by atoms with van der Waals surface area (Å²) in [5, 5.41) is 13.7. The molecule has 0 aliphatic rings. The van der Waals surface area contributed by atoms with Gasteiger partial charge in [-0.05, 0) is 42.8 Å². The molecule has 7 nitrogen and oxygen atoms in total. The highest BCUT2D eigenvalue weighted by Crippen LogP contribution is 2.22. The molecule has 8 heteroatoms. The molecule has 0 radical (unpaired) electrons. The van der Waals surface area contributed by atoms with Crippen LogP contribution in [0, 0.1) is 6.92 Å². The standard InChI is InChI=1S/C20H17N5O2S/c1-15-21-22-20-11-10-19(23-25(15)20)17-8-5-9-18(14-17)24-28(26,27)13-12-16-6-3-2-4-7-16/h2-14,24H,1H3/b13-12+. The topological polar surface area (TPSA) is 89.2 Å². The maximum atomic E-state index is 12.4. The zero-order chi connectivity index (χ0) is 19.6. The molecular formula is C20H17N5O2S. The minimum absolute atomic E-state index is 0.456. The molecule has 2 aromatic carbocycles. The second kappa shape index (κ2) is 7.24. The largest absolute Gasteiger partial charge is 0.280 e. The first-order valence-electron chi connectivity index (χ1n) is 8.56. The zero-order valence-corrected chi connectivity index (χ0v) is 15.8. The number of sulfonamides is 1. The van der Waals surface area contributed by atoms with Crippen LogP contribution in [0.1, 0.15) is 11.4 Å². The number of hydrogen-bond acceptors (Lipinski definition) is 5. The highest BCUT2D eigenvalue weighted by molar-refractivity contribution is 7.95. The first-order valence-corrected chi connectivity index (χ1v) is 10.1. The van der Waals surface area contributed by atoms with E-state index in [2.05, 4.69) is 20.0 Å². The van der Waals surface area contributed by atoms with Crippen molar-refractivity contribution in [2.75, 3.05) is 4.72 Å². The Bertz CT molecular complexity index is 1260. The van der Waals surface area contributed by atoms with Crippen LogP contribution in [0.25, 0.3) is 23.0 Å². The van der Waals surface area contributed by atoms with Gasteiger partial charge in [-0.3, -0.25) is 4.72 Å². The Balaban J connectivity index is 1.59. The van der Waals surface area contributed by atoms with E-state index in [-0.39, 0.29) is 0 Å². The van der Waals surface area contributed by atoms with Crippen molar-refractivity contribution < 1.29 is 8.42 Å². The molecule has 0 spiro atoms. The third kappa shape index (κ3) is 3.91. The Hall–Kier alpha value is -3.52. The van der Waals surface area contributed by atoms with Crippen molar-refractivity contribution in [2.45, 2.75) is 6.92 Å². The fourth-order valence-electron chi connectivity index (χ4n) is 2.72. The van der Waals surface area contributed by atoms with Gasteiger partial charge in [0.2, 0.25) is 0 Å². The number of nitrogens with one attached hydrogen (secondary N) is 1. The van der Waals surface area contributed by atoms with Crippen LogP contribution >= 0.6 is 0 Å². The van der Waals surface area contributed by atoms with Gasteiger partial charge in [-0.2, -0.15) is 9.61 Å². The first-order chi connectivity index (χ1) is 13.5. The lowest BCUT2D eigenvalue weighted by Gasteiger charge is -2.07. The third-order valence-electron chi connectivity index (χ3n) is 4.08. The summed E-state index contributed by atoms with van der Waals surface area (Å²) in [6, 6.07) is 20.0. The van der Waals surface area contributed by atoms with Crippen LogP contribution in [-0.4, -0.2) is 28.2 Å². The van der Waals surface area contributed by atoms with Gasteiger partial charge in [0.25, 0.3) is 10.0 Å². The van der Waals surface area contributed by atoms with Crippen molar-refractivity contribution in [1.29, 1.82) is 0 Å². The van der Waals surface area contributed by atoms with Gasteiger partial charge in [0.05, 0.1) is 11.1 Å². The summed E-state index contributed by atoms with van der Waals surface area (Å²) >= 11 is 0. The van der Waals surface area contributed by atoms with Gasteiger partial charge in [0.1, 0.15) is 0 Å². The number of rotatable bonds is 5. The van der Waals surface area contributed by atoms with Gasteiger partial charge in [0, 0.05) is 11.3 Å². The Morgan fingerprint density at radius 1 is 0.964 bits per heavy atom. The maximum absolute atomic E-state index is 12.4. The van der Waals surface area contributed by atoms with Crippen molar-refractivity contribution in [3.8, 4) is 11.3 Å². The van der Waals surface area contributed by atoms with E-state index >= 15 is 0 Å². The smallest absolute Gasteiger partial charge is 0.255 e. The lowest BCUT2D eigenvalue weighted by Crippen LogP contribution is -2.08. The van der Waals surface area contributed by atoms with Crippen LogP contribution in [0.3, 0.4) is 0 Å². The summed E-state index contributed by atoms with van der Waals surface area (Å²) in [5.74, 6) is 0.680. The number of benzene rings is 2. The summed E-state index contributed by atoms with van der Waals surface area (Å²) in [6.07, 6.45) is 1.55. The lowest BCUT2D eigenvalue weighted by atomic mass is 10.1. The van der Waals surface area contributed by atoms with Crippen molar-refractivity contribution in [3.05, 3.63) is 83.5 Å². The third-order valence-corrected chi connectivity index (χ3v) is 5.09. The summed E-state index contributed by atoms with van der Waals surface area (Å²) in [4.78, 5) is 0. The van der Waals surface area contributed by atoms with Crippen molar-refractivity contribution in [2.24, 2.45) is 0 Å². The van der Waals surface area contributed by atoms with E-state index < -0.39 is 10.0 Å². The molecule has 0 aliphatic carbocycles. The van der Waals surface area contributed by atoms with Crippen molar-refractivity contribution >= 4 is 27.4 Å². The Kier molecular flexibility index (Phi) is 4.62. The van der Waals surface area contributed by atoms with E-state index in [0.717, 1.165) is 16.5 Å². The fourth-order valence-corrected chi connectivity index (χ4v) is 3.58. The Morgan fingerprint density at radius 3 is 2.61 bits per heavy atom. The second-order valence-electron chi connectivity index (χ2n) is 6.18. The number of aryl methyl sites for hydroxylation is 1. The van der Waals surface area contributed by atoms with Crippen LogP contribution < -0.4 is 4.72 Å². The molecule has 2 aromatic heterocycles. The van der Waals surface area contributed by atoms with Crippen LogP contribution in [0.15, 0.2) is 72.1 Å². The average Bonchev–Trinajstić information content (AvgIpc) is 3.07. The van der Waals surface area contributed by atoms with Crippen LogP contribution in [0.2, 0.25) is 0 Å². The summed E-state index contributed by atoms with van der Waals surface area (Å²) < 4.78 is 29.0. The van der Waals surface area contributed by atoms with Crippen LogP contribution in [0.4, 0.5) is 5.69 Å². The molecule has 4 aromatic rings. The lowest BCUT2D eigenvalue weighted by molar-refractivity contribution is 0.609. The number of hydrogen-bond donors (Lipinski definition) is 1. The molecule has 0 saturated heterocycles. The quantitative estimate of drug-likeness (QED) is 0.562. The molecule has 0 amide bonds. The van der Waals surface area contributed by atoms with E-state index in [1.165, 1.54) is 0 Å². The predicted octanol–water partition coefficient (Wildman–Crippen LogP) is 3.51. The van der Waals surface area contributed by atoms with Gasteiger partial charge in [-0.1, -0.05) is 42.5 Å². The number of fused-ring (bicyclic) bond motifs is 1. The minimum atomic E-state index is -3.64. The SMILES string of the molecule is Cc1nnc2ccc(-c3cccc(NS(=O)(=O)/C=C/c4ccccc4)c3)nn12. The molecular weight excluding hydrogens is 374 g/mol. The van der Waals surface area contributed by atoms with E-state index in [1.807, 2.05) is 55.5 Å². The molecule has 1 N–H and O–H groups in total.